The molecule has 0 aromatic carbocycles. The van der Waals surface area contributed by atoms with Crippen molar-refractivity contribution in [3.63, 3.8) is 0 Å². The van der Waals surface area contributed by atoms with Gasteiger partial charge in [0.1, 0.15) is 0 Å². The van der Waals surface area contributed by atoms with Crippen molar-refractivity contribution in [3.05, 3.63) is 13.8 Å². The van der Waals surface area contributed by atoms with Gasteiger partial charge in [0, 0.05) is 0 Å². The maximum atomic E-state index is 3.60. The summed E-state index contributed by atoms with van der Waals surface area (Å²) in [6.07, 6.45) is 2.28. The maximum Gasteiger partial charge on any atom is 2.00 e. The minimum atomic E-state index is 0. The average molecular weight is 126 g/mol. The molecule has 0 heterocycles. The van der Waals surface area contributed by atoms with Crippen LogP contribution in [0.4, 0.5) is 0 Å². The summed E-state index contributed by atoms with van der Waals surface area (Å²) < 4.78 is 0. The van der Waals surface area contributed by atoms with Gasteiger partial charge in [-0.1, -0.05) is 13.3 Å². The van der Waals surface area contributed by atoms with Gasteiger partial charge in [0.15, 0.2) is 0 Å². The molecule has 40 valence electrons. The molecule has 0 rings (SSSR count). The van der Waals surface area contributed by atoms with E-state index in [2.05, 4.69) is 20.8 Å². The molecule has 0 aromatic rings. The van der Waals surface area contributed by atoms with Gasteiger partial charge in [-0.05, 0) is 0 Å². The summed E-state index contributed by atoms with van der Waals surface area (Å²) >= 11 is 0. The molecule has 0 nitrogen and oxygen atoms in total. The van der Waals surface area contributed by atoms with E-state index < -0.39 is 0 Å². The Morgan fingerprint density at radius 1 is 1.29 bits per heavy atom. The molecular formula is C6H14Ca. The van der Waals surface area contributed by atoms with Gasteiger partial charge < -0.3 is 13.8 Å². The average Bonchev–Trinajstić information content (AvgIpc) is 1.72. The van der Waals surface area contributed by atoms with Crippen molar-refractivity contribution in [2.75, 3.05) is 0 Å². The summed E-state index contributed by atoms with van der Waals surface area (Å²) in [6.45, 7) is 10.7. The summed E-state index contributed by atoms with van der Waals surface area (Å²) in [5.74, 6) is 0. The first-order valence-corrected chi connectivity index (χ1v) is 2.41. The summed E-state index contributed by atoms with van der Waals surface area (Å²) in [4.78, 5) is 0. The molecule has 0 amide bonds. The van der Waals surface area contributed by atoms with Gasteiger partial charge in [-0.15, -0.1) is 0 Å². The Balaban J connectivity index is -0.0000000480. The SMILES string of the molecule is [CH2-]C.[CH2-]CCC.[Ca+2]. The fourth-order valence-electron chi connectivity index (χ4n) is 0. The van der Waals surface area contributed by atoms with Crippen LogP contribution < -0.4 is 0 Å². The first kappa shape index (κ1) is 15.7. The van der Waals surface area contributed by atoms with E-state index in [0.717, 1.165) is 6.42 Å². The normalized spacial score (nSPS) is 5.14. The molecule has 0 saturated carbocycles. The Bertz CT molecular complexity index is 6.14. The molecule has 0 aliphatic carbocycles. The van der Waals surface area contributed by atoms with Crippen LogP contribution in [0.5, 0.6) is 0 Å². The zero-order valence-corrected chi connectivity index (χ0v) is 7.74. The number of rotatable bonds is 1. The van der Waals surface area contributed by atoms with E-state index in [1.165, 1.54) is 6.42 Å². The second-order valence-corrected chi connectivity index (χ2v) is 0.854. The van der Waals surface area contributed by atoms with Crippen LogP contribution in [0.2, 0.25) is 0 Å². The fraction of sp³-hybridized carbons (Fsp3) is 0.667. The van der Waals surface area contributed by atoms with Gasteiger partial charge in [-0.2, -0.15) is 13.3 Å². The molecule has 0 bridgehead atoms. The van der Waals surface area contributed by atoms with Gasteiger partial charge >= 0.3 is 37.7 Å². The Morgan fingerprint density at radius 3 is 1.43 bits per heavy atom. The molecule has 0 spiro atoms. The number of hydrogen-bond acceptors (Lipinski definition) is 0. The second kappa shape index (κ2) is 26.8. The van der Waals surface area contributed by atoms with Crippen LogP contribution >= 0.6 is 0 Å². The Kier molecular flexibility index (Phi) is 60.2. The third-order valence-electron chi connectivity index (χ3n) is 0.354. The van der Waals surface area contributed by atoms with Crippen LogP contribution in [0.15, 0.2) is 0 Å². The summed E-state index contributed by atoms with van der Waals surface area (Å²) in [5, 5.41) is 0. The maximum absolute atomic E-state index is 3.60. The van der Waals surface area contributed by atoms with Crippen molar-refractivity contribution >= 4 is 37.7 Å². The van der Waals surface area contributed by atoms with Gasteiger partial charge in [0.05, 0.1) is 0 Å². The molecule has 0 fully saturated rings. The standard InChI is InChI=1S/C4H9.C2H5.Ca/c1-3-4-2;1-2;/h1,3-4H2,2H3;1H2,2H3;/q2*-1;+2. The van der Waals surface area contributed by atoms with E-state index in [0.29, 0.717) is 0 Å². The van der Waals surface area contributed by atoms with Crippen molar-refractivity contribution in [3.8, 4) is 0 Å². The van der Waals surface area contributed by atoms with Crippen molar-refractivity contribution in [2.45, 2.75) is 26.7 Å². The first-order valence-electron chi connectivity index (χ1n) is 2.41. The van der Waals surface area contributed by atoms with E-state index in [9.17, 15) is 0 Å². The van der Waals surface area contributed by atoms with Gasteiger partial charge in [0.2, 0.25) is 0 Å². The minimum Gasteiger partial charge on any atom is -0.346 e. The van der Waals surface area contributed by atoms with Crippen LogP contribution in [-0.4, -0.2) is 37.7 Å². The van der Waals surface area contributed by atoms with Crippen molar-refractivity contribution in [1.82, 2.24) is 0 Å². The van der Waals surface area contributed by atoms with Crippen LogP contribution in [0.1, 0.15) is 26.7 Å². The second-order valence-electron chi connectivity index (χ2n) is 0.854. The van der Waals surface area contributed by atoms with Crippen LogP contribution in [-0.2, 0) is 0 Å². The number of hydrogen-bond donors (Lipinski definition) is 0. The summed E-state index contributed by atoms with van der Waals surface area (Å²) in [6, 6.07) is 0. The predicted molar refractivity (Wildman–Crippen MR) is 37.0 cm³/mol. The van der Waals surface area contributed by atoms with Crippen LogP contribution in [0, 0.1) is 13.8 Å². The van der Waals surface area contributed by atoms with Crippen molar-refractivity contribution in [1.29, 1.82) is 0 Å². The fourth-order valence-corrected chi connectivity index (χ4v) is 0. The number of unbranched alkanes of at least 4 members (excludes halogenated alkanes) is 1. The minimum absolute atomic E-state index is 0. The predicted octanol–water partition coefficient (Wildman–Crippen LogP) is 2.08. The molecular weight excluding hydrogens is 112 g/mol. The molecule has 0 radical (unpaired) electrons. The first-order chi connectivity index (χ1) is 2.91. The zero-order chi connectivity index (χ0) is 5.41. The Morgan fingerprint density at radius 2 is 1.43 bits per heavy atom. The molecule has 0 saturated heterocycles. The van der Waals surface area contributed by atoms with E-state index >= 15 is 0 Å². The van der Waals surface area contributed by atoms with Gasteiger partial charge in [0.25, 0.3) is 0 Å². The van der Waals surface area contributed by atoms with E-state index in [4.69, 9.17) is 0 Å². The van der Waals surface area contributed by atoms with Gasteiger partial charge in [-0.25, -0.2) is 0 Å². The molecule has 7 heavy (non-hydrogen) atoms. The quantitative estimate of drug-likeness (QED) is 0.373. The Labute approximate surface area is 77.7 Å². The molecule has 0 N–H and O–H groups in total. The van der Waals surface area contributed by atoms with Gasteiger partial charge in [-0.3, -0.25) is 0 Å². The van der Waals surface area contributed by atoms with E-state index in [1.807, 2.05) is 0 Å². The molecule has 0 aliphatic heterocycles. The van der Waals surface area contributed by atoms with Crippen molar-refractivity contribution in [2.24, 2.45) is 0 Å². The monoisotopic (exact) mass is 126 g/mol. The Hall–Kier alpha value is 1.26. The third kappa shape index (κ3) is 39.3. The molecule has 0 atom stereocenters. The summed E-state index contributed by atoms with van der Waals surface area (Å²) in [5.41, 5.74) is 0. The largest absolute Gasteiger partial charge is 2.00 e. The van der Waals surface area contributed by atoms with Crippen LogP contribution in [0.25, 0.3) is 0 Å². The molecule has 0 aromatic heterocycles. The van der Waals surface area contributed by atoms with Crippen LogP contribution in [0.3, 0.4) is 0 Å². The summed E-state index contributed by atoms with van der Waals surface area (Å²) in [7, 11) is 0. The third-order valence-corrected chi connectivity index (χ3v) is 0.354. The van der Waals surface area contributed by atoms with E-state index in [1.54, 1.807) is 6.92 Å². The van der Waals surface area contributed by atoms with Crippen molar-refractivity contribution < 1.29 is 0 Å². The molecule has 1 heteroatoms. The topological polar surface area (TPSA) is 0 Å². The zero-order valence-electron chi connectivity index (χ0n) is 5.54. The van der Waals surface area contributed by atoms with E-state index in [-0.39, 0.29) is 37.7 Å². The smallest absolute Gasteiger partial charge is 0.346 e. The molecule has 0 aliphatic rings. The molecule has 0 unspecified atom stereocenters.